The highest BCUT2D eigenvalue weighted by Gasteiger charge is 2.24. The van der Waals surface area contributed by atoms with Crippen LogP contribution in [-0.2, 0) is 26.1 Å². The number of halogens is 1. The minimum absolute atomic E-state index is 0.211. The molecule has 1 heterocycles. The molecule has 1 N–H and O–H groups in total. The number of nitrogens with one attached hydrogen (secondary N) is 1. The van der Waals surface area contributed by atoms with E-state index in [1.54, 1.807) is 12.1 Å². The van der Waals surface area contributed by atoms with Crippen LogP contribution in [-0.4, -0.2) is 60.5 Å². The lowest BCUT2D eigenvalue weighted by atomic mass is 10.2. The predicted molar refractivity (Wildman–Crippen MR) is 122 cm³/mol. The van der Waals surface area contributed by atoms with E-state index in [9.17, 15) is 13.2 Å². The molecule has 8 nitrogen and oxygen atoms in total. The maximum atomic E-state index is 12.5. The monoisotopic (exact) mass is 467 g/mol. The summed E-state index contributed by atoms with van der Waals surface area (Å²) in [6, 6.07) is 12.5. The fourth-order valence-corrected chi connectivity index (χ4v) is 4.29. The molecule has 0 atom stereocenters. The summed E-state index contributed by atoms with van der Waals surface area (Å²) in [5, 5.41) is 3.11. The van der Waals surface area contributed by atoms with E-state index in [4.69, 9.17) is 21.1 Å². The van der Waals surface area contributed by atoms with Gasteiger partial charge in [0.2, 0.25) is 15.9 Å². The predicted octanol–water partition coefficient (Wildman–Crippen LogP) is 2.27. The molecule has 2 aromatic rings. The first-order valence-corrected chi connectivity index (χ1v) is 12.0. The fourth-order valence-electron chi connectivity index (χ4n) is 3.27. The molecule has 1 amide bonds. The third-order valence-corrected chi connectivity index (χ3v) is 6.26. The molecular formula is C21H26ClN3O5S. The molecule has 0 spiro atoms. The Morgan fingerprint density at radius 3 is 2.48 bits per heavy atom. The molecule has 0 aliphatic carbocycles. The maximum Gasteiger partial charge on any atom is 0.241 e. The van der Waals surface area contributed by atoms with Gasteiger partial charge < -0.3 is 19.7 Å². The van der Waals surface area contributed by atoms with Gasteiger partial charge in [0.05, 0.1) is 32.3 Å². The van der Waals surface area contributed by atoms with E-state index in [1.807, 2.05) is 24.3 Å². The summed E-state index contributed by atoms with van der Waals surface area (Å²) in [7, 11) is -2.32. The zero-order chi connectivity index (χ0) is 22.4. The molecule has 31 heavy (non-hydrogen) atoms. The Balaban J connectivity index is 1.65. The van der Waals surface area contributed by atoms with Gasteiger partial charge in [0.15, 0.2) is 0 Å². The molecule has 0 aromatic heterocycles. The van der Waals surface area contributed by atoms with Crippen molar-refractivity contribution in [2.75, 3.05) is 55.4 Å². The van der Waals surface area contributed by atoms with Crippen LogP contribution in [0, 0.1) is 0 Å². The summed E-state index contributed by atoms with van der Waals surface area (Å²) in [6.45, 7) is 3.03. The second-order valence-corrected chi connectivity index (χ2v) is 9.47. The number of amides is 1. The number of nitrogens with zero attached hydrogens (tertiary/aromatic N) is 2. The summed E-state index contributed by atoms with van der Waals surface area (Å²) in [5.74, 6) is -0.133. The molecule has 0 bridgehead atoms. The third kappa shape index (κ3) is 6.25. The van der Waals surface area contributed by atoms with E-state index in [0.717, 1.165) is 34.9 Å². The molecule has 0 radical (unpaired) electrons. The van der Waals surface area contributed by atoms with Crippen molar-refractivity contribution in [3.8, 4) is 5.75 Å². The van der Waals surface area contributed by atoms with Crippen molar-refractivity contribution in [3.05, 3.63) is 53.1 Å². The van der Waals surface area contributed by atoms with Crippen molar-refractivity contribution in [1.82, 2.24) is 5.32 Å². The van der Waals surface area contributed by atoms with Crippen LogP contribution >= 0.6 is 11.6 Å². The number of ether oxygens (including phenoxy) is 2. The smallest absolute Gasteiger partial charge is 0.241 e. The Kier molecular flexibility index (Phi) is 7.64. The fraction of sp³-hybridized carbons (Fsp3) is 0.381. The van der Waals surface area contributed by atoms with Crippen LogP contribution in [0.25, 0.3) is 0 Å². The molecule has 168 valence electrons. The average Bonchev–Trinajstić information content (AvgIpc) is 2.76. The summed E-state index contributed by atoms with van der Waals surface area (Å²) >= 11 is 6.03. The number of rotatable bonds is 8. The number of benzene rings is 2. The number of methoxy groups -OCH3 is 1. The highest BCUT2D eigenvalue weighted by molar-refractivity contribution is 7.92. The molecule has 1 aliphatic heterocycles. The highest BCUT2D eigenvalue weighted by Crippen LogP contribution is 2.32. The summed E-state index contributed by atoms with van der Waals surface area (Å²) in [5.41, 5.74) is 2.23. The van der Waals surface area contributed by atoms with Crippen LogP contribution in [0.4, 0.5) is 11.4 Å². The van der Waals surface area contributed by atoms with Gasteiger partial charge in [-0.1, -0.05) is 23.7 Å². The van der Waals surface area contributed by atoms with Crippen LogP contribution in [0.15, 0.2) is 42.5 Å². The Morgan fingerprint density at radius 1 is 1.19 bits per heavy atom. The number of hydrogen-bond donors (Lipinski definition) is 1. The van der Waals surface area contributed by atoms with Crippen molar-refractivity contribution in [2.45, 2.75) is 6.54 Å². The van der Waals surface area contributed by atoms with Crippen LogP contribution in [0.5, 0.6) is 5.75 Å². The van der Waals surface area contributed by atoms with Crippen LogP contribution in [0.3, 0.4) is 0 Å². The van der Waals surface area contributed by atoms with Crippen molar-refractivity contribution < 1.29 is 22.7 Å². The van der Waals surface area contributed by atoms with Gasteiger partial charge in [-0.15, -0.1) is 0 Å². The maximum absolute atomic E-state index is 12.5. The Bertz CT molecular complexity index is 1010. The molecule has 3 rings (SSSR count). The van der Waals surface area contributed by atoms with Crippen molar-refractivity contribution in [2.24, 2.45) is 0 Å². The van der Waals surface area contributed by atoms with Crippen molar-refractivity contribution in [1.29, 1.82) is 0 Å². The number of hydrogen-bond acceptors (Lipinski definition) is 6. The van der Waals surface area contributed by atoms with Crippen molar-refractivity contribution in [3.63, 3.8) is 0 Å². The third-order valence-electron chi connectivity index (χ3n) is 4.90. The van der Waals surface area contributed by atoms with Gasteiger partial charge in [0.25, 0.3) is 0 Å². The van der Waals surface area contributed by atoms with Gasteiger partial charge in [-0.3, -0.25) is 9.10 Å². The first kappa shape index (κ1) is 23.2. The van der Waals surface area contributed by atoms with Gasteiger partial charge in [-0.2, -0.15) is 0 Å². The Morgan fingerprint density at radius 2 is 1.87 bits per heavy atom. The summed E-state index contributed by atoms with van der Waals surface area (Å²) in [6.07, 6.45) is 1.03. The second-order valence-electron chi connectivity index (χ2n) is 7.13. The van der Waals surface area contributed by atoms with Crippen LogP contribution < -0.4 is 19.3 Å². The molecular weight excluding hydrogens is 442 g/mol. The normalized spacial score (nSPS) is 14.2. The number of anilines is 2. The van der Waals surface area contributed by atoms with Gasteiger partial charge in [-0.25, -0.2) is 8.42 Å². The topological polar surface area (TPSA) is 88.2 Å². The molecule has 10 heteroatoms. The van der Waals surface area contributed by atoms with E-state index in [2.05, 4.69) is 10.2 Å². The standard InChI is InChI=1S/C21H26ClN3O5S/c1-29-20-8-5-17(22)13-19(20)25(31(2,27)28)15-21(26)23-14-16-3-6-18(7-4-16)24-9-11-30-12-10-24/h3-8,13H,9-12,14-15H2,1-2H3,(H,23,26). The second kappa shape index (κ2) is 10.2. The average molecular weight is 468 g/mol. The number of carbonyl (C=O) groups is 1. The number of sulfonamides is 1. The van der Waals surface area contributed by atoms with E-state index in [-0.39, 0.29) is 18.8 Å². The lowest BCUT2D eigenvalue weighted by molar-refractivity contribution is -0.119. The minimum Gasteiger partial charge on any atom is -0.495 e. The quantitative estimate of drug-likeness (QED) is 0.640. The van der Waals surface area contributed by atoms with Gasteiger partial charge in [0, 0.05) is 30.3 Å². The summed E-state index contributed by atoms with van der Waals surface area (Å²) in [4.78, 5) is 14.8. The van der Waals surface area contributed by atoms with E-state index >= 15 is 0 Å². The van der Waals surface area contributed by atoms with E-state index in [1.165, 1.54) is 13.2 Å². The number of morpholine rings is 1. The van der Waals surface area contributed by atoms with Crippen LogP contribution in [0.1, 0.15) is 5.56 Å². The highest BCUT2D eigenvalue weighted by atomic mass is 35.5. The van der Waals surface area contributed by atoms with E-state index < -0.39 is 15.9 Å². The molecule has 1 saturated heterocycles. The molecule has 0 unspecified atom stereocenters. The first-order valence-electron chi connectivity index (χ1n) is 9.77. The number of carbonyl (C=O) groups excluding carboxylic acids is 1. The van der Waals surface area contributed by atoms with Gasteiger partial charge in [-0.05, 0) is 35.9 Å². The molecule has 1 aliphatic rings. The SMILES string of the molecule is COc1ccc(Cl)cc1N(CC(=O)NCc1ccc(N2CCOCC2)cc1)S(C)(=O)=O. The van der Waals surface area contributed by atoms with Crippen LogP contribution in [0.2, 0.25) is 5.02 Å². The Labute approximate surface area is 187 Å². The molecule has 1 fully saturated rings. The lowest BCUT2D eigenvalue weighted by Gasteiger charge is -2.29. The zero-order valence-corrected chi connectivity index (χ0v) is 19.1. The molecule has 2 aromatic carbocycles. The first-order chi connectivity index (χ1) is 14.8. The van der Waals surface area contributed by atoms with Crippen molar-refractivity contribution >= 4 is 38.9 Å². The van der Waals surface area contributed by atoms with Gasteiger partial charge >= 0.3 is 0 Å². The lowest BCUT2D eigenvalue weighted by Crippen LogP contribution is -2.40. The molecule has 0 saturated carbocycles. The summed E-state index contributed by atoms with van der Waals surface area (Å²) < 4.78 is 36.3. The largest absolute Gasteiger partial charge is 0.495 e. The Hall–Kier alpha value is -2.49. The van der Waals surface area contributed by atoms with E-state index in [0.29, 0.717) is 24.0 Å². The van der Waals surface area contributed by atoms with Gasteiger partial charge in [0.1, 0.15) is 12.3 Å². The minimum atomic E-state index is -3.75. The zero-order valence-electron chi connectivity index (χ0n) is 17.5.